The van der Waals surface area contributed by atoms with Crippen molar-refractivity contribution in [2.24, 2.45) is 0 Å². The molecule has 0 radical (unpaired) electrons. The van der Waals surface area contributed by atoms with Crippen LogP contribution < -0.4 is 0 Å². The summed E-state index contributed by atoms with van der Waals surface area (Å²) in [6, 6.07) is 3.63. The van der Waals surface area contributed by atoms with E-state index in [0.717, 1.165) is 11.9 Å². The molecule has 1 heterocycles. The molecule has 0 bridgehead atoms. The fourth-order valence-corrected chi connectivity index (χ4v) is 1.07. The average molecular weight is 176 g/mol. The predicted molar refractivity (Wildman–Crippen MR) is 50.5 cm³/mol. The van der Waals surface area contributed by atoms with Gasteiger partial charge in [-0.3, -0.25) is 0 Å². The van der Waals surface area contributed by atoms with E-state index in [1.807, 2.05) is 6.07 Å². The van der Waals surface area contributed by atoms with Crippen molar-refractivity contribution in [2.45, 2.75) is 6.32 Å². The molecular formula is C8H6BClN2. The van der Waals surface area contributed by atoms with Gasteiger partial charge in [0.1, 0.15) is 0 Å². The summed E-state index contributed by atoms with van der Waals surface area (Å²) in [6.45, 7) is 5.36. The minimum absolute atomic E-state index is 0.268. The Balaban J connectivity index is 3.03. The van der Waals surface area contributed by atoms with Gasteiger partial charge in [0, 0.05) is 0 Å². The van der Waals surface area contributed by atoms with Crippen molar-refractivity contribution in [1.82, 2.24) is 4.98 Å². The number of aromatic nitrogens is 1. The van der Waals surface area contributed by atoms with Crippen LogP contribution in [0.5, 0.6) is 0 Å². The number of nitrogens with zero attached hydrogens (tertiary/aromatic N) is 2. The SMILES string of the molecule is C=BCc1cnc(C#N)c(Cl)c1. The van der Waals surface area contributed by atoms with Crippen molar-refractivity contribution in [3.8, 4) is 6.07 Å². The molecule has 0 spiro atoms. The summed E-state index contributed by atoms with van der Waals surface area (Å²) in [6.07, 6.45) is 2.35. The molecule has 0 unspecified atom stereocenters. The second kappa shape index (κ2) is 4.03. The number of nitriles is 1. The van der Waals surface area contributed by atoms with Crippen molar-refractivity contribution < 1.29 is 0 Å². The van der Waals surface area contributed by atoms with Crippen molar-refractivity contribution in [3.05, 3.63) is 28.5 Å². The quantitative estimate of drug-likeness (QED) is 0.636. The van der Waals surface area contributed by atoms with Gasteiger partial charge in [-0.15, -0.1) is 0 Å². The maximum absolute atomic E-state index is 8.52. The molecule has 0 fully saturated rings. The molecule has 0 aromatic carbocycles. The van der Waals surface area contributed by atoms with Crippen LogP contribution in [0.4, 0.5) is 0 Å². The van der Waals surface area contributed by atoms with E-state index in [-0.39, 0.29) is 5.69 Å². The molecule has 1 aromatic rings. The zero-order chi connectivity index (χ0) is 8.97. The number of pyridine rings is 1. The van der Waals surface area contributed by atoms with Crippen LogP contribution in [0.2, 0.25) is 5.02 Å². The molecule has 0 aliphatic carbocycles. The minimum atomic E-state index is 0.268. The molecule has 0 aliphatic rings. The summed E-state index contributed by atoms with van der Waals surface area (Å²) in [7, 11) is 0. The molecule has 12 heavy (non-hydrogen) atoms. The monoisotopic (exact) mass is 176 g/mol. The van der Waals surface area contributed by atoms with Gasteiger partial charge in [-0.2, -0.15) is 0 Å². The molecule has 0 aliphatic heterocycles. The van der Waals surface area contributed by atoms with Gasteiger partial charge < -0.3 is 0 Å². The van der Waals surface area contributed by atoms with Crippen LogP contribution in [0.1, 0.15) is 11.3 Å². The van der Waals surface area contributed by atoms with E-state index < -0.39 is 0 Å². The zero-order valence-electron chi connectivity index (χ0n) is 6.42. The molecule has 0 saturated carbocycles. The van der Waals surface area contributed by atoms with Crippen LogP contribution in [0.25, 0.3) is 0 Å². The third kappa shape index (κ3) is 1.93. The number of rotatable bonds is 2. The Morgan fingerprint density at radius 1 is 1.75 bits per heavy atom. The van der Waals surface area contributed by atoms with Crippen LogP contribution in [0, 0.1) is 11.3 Å². The summed E-state index contributed by atoms with van der Waals surface area (Å²) >= 11 is 5.75. The van der Waals surface area contributed by atoms with E-state index in [4.69, 9.17) is 16.9 Å². The van der Waals surface area contributed by atoms with Gasteiger partial charge in [0.15, 0.2) is 0 Å². The Morgan fingerprint density at radius 3 is 3.00 bits per heavy atom. The first-order valence-electron chi connectivity index (χ1n) is 3.43. The summed E-state index contributed by atoms with van der Waals surface area (Å²) in [5.41, 5.74) is 1.23. The first-order valence-corrected chi connectivity index (χ1v) is 3.81. The van der Waals surface area contributed by atoms with Crippen LogP contribution >= 0.6 is 11.6 Å². The zero-order valence-corrected chi connectivity index (χ0v) is 7.17. The topological polar surface area (TPSA) is 36.7 Å². The first-order chi connectivity index (χ1) is 5.77. The van der Waals surface area contributed by atoms with Gasteiger partial charge >= 0.3 is 76.2 Å². The van der Waals surface area contributed by atoms with Crippen LogP contribution in [0.15, 0.2) is 12.3 Å². The fraction of sp³-hybridized carbons (Fsp3) is 0.125. The molecule has 0 amide bonds. The summed E-state index contributed by atoms with van der Waals surface area (Å²) in [5, 5.41) is 8.92. The number of hydrogen-bond acceptors (Lipinski definition) is 2. The third-order valence-electron chi connectivity index (χ3n) is 1.38. The summed E-state index contributed by atoms with van der Waals surface area (Å²) in [5.74, 6) is 0. The van der Waals surface area contributed by atoms with E-state index >= 15 is 0 Å². The van der Waals surface area contributed by atoms with Gasteiger partial charge in [-0.05, 0) is 0 Å². The molecule has 0 N–H and O–H groups in total. The fourth-order valence-electron chi connectivity index (χ4n) is 0.838. The van der Waals surface area contributed by atoms with Crippen molar-refractivity contribution in [1.29, 1.82) is 5.26 Å². The van der Waals surface area contributed by atoms with E-state index in [0.29, 0.717) is 5.02 Å². The second-order valence-corrected chi connectivity index (χ2v) is 2.69. The Labute approximate surface area is 76.7 Å². The molecule has 2 nitrogen and oxygen atoms in total. The maximum atomic E-state index is 8.52. The van der Waals surface area contributed by atoms with Crippen molar-refractivity contribution in [3.63, 3.8) is 0 Å². The molecule has 0 saturated heterocycles. The summed E-state index contributed by atoms with van der Waals surface area (Å²) in [4.78, 5) is 3.87. The Hall–Kier alpha value is -1.14. The van der Waals surface area contributed by atoms with Crippen LogP contribution in [0.3, 0.4) is 0 Å². The van der Waals surface area contributed by atoms with E-state index in [1.165, 1.54) is 0 Å². The molecule has 58 valence electrons. The molecule has 1 rings (SSSR count). The van der Waals surface area contributed by atoms with Gasteiger partial charge in [-0.25, -0.2) is 0 Å². The Morgan fingerprint density at radius 2 is 2.50 bits per heavy atom. The van der Waals surface area contributed by atoms with Crippen molar-refractivity contribution in [2.75, 3.05) is 0 Å². The molecule has 1 aromatic heterocycles. The van der Waals surface area contributed by atoms with E-state index in [9.17, 15) is 0 Å². The molecule has 0 atom stereocenters. The van der Waals surface area contributed by atoms with Crippen LogP contribution in [-0.4, -0.2) is 18.4 Å². The molecular weight excluding hydrogens is 170 g/mol. The third-order valence-corrected chi connectivity index (χ3v) is 1.67. The normalized spacial score (nSPS) is 8.67. The predicted octanol–water partition coefficient (Wildman–Crippen LogP) is 1.24. The van der Waals surface area contributed by atoms with Gasteiger partial charge in [0.05, 0.1) is 0 Å². The standard InChI is InChI=1S/C8H6BClN2/c1-9-3-6-2-7(10)8(4-11)12-5-6/h2,5H,1,3H2. The van der Waals surface area contributed by atoms with Crippen LogP contribution in [-0.2, 0) is 6.32 Å². The first kappa shape index (κ1) is 8.96. The van der Waals surface area contributed by atoms with Crippen molar-refractivity contribution >= 4 is 25.0 Å². The van der Waals surface area contributed by atoms with E-state index in [2.05, 4.69) is 11.5 Å². The summed E-state index contributed by atoms with van der Waals surface area (Å²) < 4.78 is 0. The Bertz CT molecular complexity index is 343. The number of halogens is 1. The molecule has 4 heteroatoms. The second-order valence-electron chi connectivity index (χ2n) is 2.28. The number of hydrogen-bond donors (Lipinski definition) is 0. The average Bonchev–Trinajstić information content (AvgIpc) is 2.05. The van der Waals surface area contributed by atoms with Gasteiger partial charge in [-0.1, -0.05) is 0 Å². The van der Waals surface area contributed by atoms with E-state index in [1.54, 1.807) is 19.2 Å². The Kier molecular flexibility index (Phi) is 3.01. The van der Waals surface area contributed by atoms with Gasteiger partial charge in [0.2, 0.25) is 0 Å². The van der Waals surface area contributed by atoms with Gasteiger partial charge in [0.25, 0.3) is 0 Å².